The van der Waals surface area contributed by atoms with Crippen LogP contribution in [-0.2, 0) is 0 Å². The number of rotatable bonds is 7. The van der Waals surface area contributed by atoms with Crippen molar-refractivity contribution in [3.63, 3.8) is 0 Å². The summed E-state index contributed by atoms with van der Waals surface area (Å²) in [6.45, 7) is 2.95. The second kappa shape index (κ2) is 9.37. The van der Waals surface area contributed by atoms with Gasteiger partial charge in [0, 0.05) is 6.04 Å². The van der Waals surface area contributed by atoms with Gasteiger partial charge in [0.2, 0.25) is 0 Å². The van der Waals surface area contributed by atoms with Crippen molar-refractivity contribution in [1.82, 2.24) is 4.90 Å². The van der Waals surface area contributed by atoms with E-state index in [9.17, 15) is 0 Å². The third kappa shape index (κ3) is 4.84. The van der Waals surface area contributed by atoms with Gasteiger partial charge in [0.25, 0.3) is 0 Å². The van der Waals surface area contributed by atoms with Crippen LogP contribution in [0.15, 0.2) is 54.6 Å². The molecule has 2 unspecified atom stereocenters. The summed E-state index contributed by atoms with van der Waals surface area (Å²) >= 11 is 3.31. The largest absolute Gasteiger partial charge is 0.482 e. The number of piperidine rings is 1. The van der Waals surface area contributed by atoms with Crippen molar-refractivity contribution in [2.75, 3.05) is 25.2 Å². The van der Waals surface area contributed by atoms with E-state index >= 15 is 0 Å². The summed E-state index contributed by atoms with van der Waals surface area (Å²) < 4.78 is 5.52. The number of benzene rings is 2. The Balaban J connectivity index is 1.78. The molecule has 3 nitrogen and oxygen atoms in total. The summed E-state index contributed by atoms with van der Waals surface area (Å²) in [7, 11) is 0. The highest BCUT2D eigenvalue weighted by Gasteiger charge is 2.29. The molecule has 1 aliphatic rings. The van der Waals surface area contributed by atoms with E-state index in [2.05, 4.69) is 75.4 Å². The fourth-order valence-corrected chi connectivity index (χ4v) is 4.06. The van der Waals surface area contributed by atoms with Crippen LogP contribution in [0.4, 0.5) is 0 Å². The van der Waals surface area contributed by atoms with Gasteiger partial charge in [-0.2, -0.15) is 0 Å². The lowest BCUT2D eigenvalue weighted by Gasteiger charge is -2.40. The summed E-state index contributed by atoms with van der Waals surface area (Å²) in [5.74, 6) is 1.53. The Morgan fingerprint density at radius 1 is 1.04 bits per heavy atom. The van der Waals surface area contributed by atoms with E-state index in [0.29, 0.717) is 17.5 Å². The van der Waals surface area contributed by atoms with Gasteiger partial charge >= 0.3 is 0 Å². The van der Waals surface area contributed by atoms with Crippen LogP contribution in [-0.4, -0.2) is 30.1 Å². The van der Waals surface area contributed by atoms with Crippen LogP contribution in [0.5, 0.6) is 5.75 Å². The number of hydrogen-bond acceptors (Lipinski definition) is 3. The maximum atomic E-state index is 5.75. The van der Waals surface area contributed by atoms with Gasteiger partial charge in [-0.05, 0) is 84.0 Å². The highest BCUT2D eigenvalue weighted by atomic mass is 79.9. The fourth-order valence-electron chi connectivity index (χ4n) is 3.80. The number of likely N-dealkylation sites (tertiary alicyclic amines) is 1. The summed E-state index contributed by atoms with van der Waals surface area (Å²) in [6, 6.07) is 20.0. The molecule has 2 N–H and O–H groups in total. The van der Waals surface area contributed by atoms with Gasteiger partial charge in [0.1, 0.15) is 11.3 Å². The Bertz CT molecular complexity index is 632. The Morgan fingerprint density at radius 3 is 2.48 bits per heavy atom. The maximum Gasteiger partial charge on any atom is 0.143 e. The molecule has 1 heterocycles. The highest BCUT2D eigenvalue weighted by molar-refractivity contribution is 9.09. The number of hydrogen-bond donors (Lipinski definition) is 1. The SMILES string of the molecule is NCCCN1CCC(c2ccccc2)CC1c1ccc(OCBr)cc1. The lowest BCUT2D eigenvalue weighted by molar-refractivity contribution is 0.134. The van der Waals surface area contributed by atoms with Crippen molar-refractivity contribution in [3.05, 3.63) is 65.7 Å². The first kappa shape index (κ1) is 18.4. The standard InChI is InChI=1S/C21H27BrN2O/c22-16-25-20-9-7-18(8-10-20)21-15-19(17-5-2-1-3-6-17)11-14-24(21)13-4-12-23/h1-3,5-10,19,21H,4,11-16,23H2. The van der Waals surface area contributed by atoms with Crippen molar-refractivity contribution in [2.24, 2.45) is 5.73 Å². The van der Waals surface area contributed by atoms with Crippen LogP contribution < -0.4 is 10.5 Å². The van der Waals surface area contributed by atoms with E-state index in [4.69, 9.17) is 10.5 Å². The van der Waals surface area contributed by atoms with Crippen molar-refractivity contribution in [3.8, 4) is 5.75 Å². The van der Waals surface area contributed by atoms with E-state index < -0.39 is 0 Å². The van der Waals surface area contributed by atoms with Gasteiger partial charge < -0.3 is 10.5 Å². The second-order valence-electron chi connectivity index (χ2n) is 6.65. The molecule has 1 fully saturated rings. The van der Waals surface area contributed by atoms with Gasteiger partial charge in [-0.3, -0.25) is 4.90 Å². The smallest absolute Gasteiger partial charge is 0.143 e. The third-order valence-electron chi connectivity index (χ3n) is 5.12. The van der Waals surface area contributed by atoms with Crippen molar-refractivity contribution >= 4 is 15.9 Å². The van der Waals surface area contributed by atoms with Crippen LogP contribution >= 0.6 is 15.9 Å². The summed E-state index contributed by atoms with van der Waals surface area (Å²) in [5, 5.41) is 0. The van der Waals surface area contributed by atoms with Gasteiger partial charge in [-0.1, -0.05) is 42.5 Å². The molecular weight excluding hydrogens is 376 g/mol. The van der Waals surface area contributed by atoms with E-state index in [-0.39, 0.29) is 0 Å². The monoisotopic (exact) mass is 402 g/mol. The molecule has 1 aliphatic heterocycles. The molecule has 0 saturated carbocycles. The Hall–Kier alpha value is -1.36. The molecule has 134 valence electrons. The van der Waals surface area contributed by atoms with Crippen LogP contribution in [0.2, 0.25) is 0 Å². The molecule has 0 amide bonds. The highest BCUT2D eigenvalue weighted by Crippen LogP contribution is 2.39. The van der Waals surface area contributed by atoms with E-state index in [1.807, 2.05) is 0 Å². The zero-order chi connectivity index (χ0) is 17.5. The molecule has 2 atom stereocenters. The molecule has 3 rings (SSSR count). The van der Waals surface area contributed by atoms with E-state index in [1.165, 1.54) is 17.5 Å². The molecule has 25 heavy (non-hydrogen) atoms. The average molecular weight is 403 g/mol. The number of alkyl halides is 1. The zero-order valence-electron chi connectivity index (χ0n) is 14.6. The lowest BCUT2D eigenvalue weighted by Crippen LogP contribution is -2.37. The molecule has 2 aromatic rings. The van der Waals surface area contributed by atoms with E-state index in [0.717, 1.165) is 38.2 Å². The molecule has 0 aromatic heterocycles. The Kier molecular flexibility index (Phi) is 6.91. The summed E-state index contributed by atoms with van der Waals surface area (Å²) in [4.78, 5) is 2.60. The van der Waals surface area contributed by atoms with Crippen LogP contribution in [0.3, 0.4) is 0 Å². The predicted octanol–water partition coefficient (Wildman–Crippen LogP) is 4.69. The van der Waals surface area contributed by atoms with Crippen LogP contribution in [0, 0.1) is 0 Å². The molecule has 0 bridgehead atoms. The normalized spacial score (nSPS) is 21.2. The minimum Gasteiger partial charge on any atom is -0.482 e. The number of nitrogens with zero attached hydrogens (tertiary/aromatic N) is 1. The summed E-state index contributed by atoms with van der Waals surface area (Å²) in [5.41, 5.74) is 9.11. The van der Waals surface area contributed by atoms with Gasteiger partial charge in [-0.25, -0.2) is 0 Å². The van der Waals surface area contributed by atoms with Gasteiger partial charge in [-0.15, -0.1) is 0 Å². The average Bonchev–Trinajstić information content (AvgIpc) is 2.68. The topological polar surface area (TPSA) is 38.5 Å². The maximum absolute atomic E-state index is 5.75. The van der Waals surface area contributed by atoms with Crippen molar-refractivity contribution in [2.45, 2.75) is 31.2 Å². The second-order valence-corrected chi connectivity index (χ2v) is 7.11. The first-order valence-electron chi connectivity index (χ1n) is 9.09. The molecule has 0 spiro atoms. The lowest BCUT2D eigenvalue weighted by atomic mass is 9.82. The van der Waals surface area contributed by atoms with Crippen molar-refractivity contribution in [1.29, 1.82) is 0 Å². The number of nitrogens with two attached hydrogens (primary N) is 1. The van der Waals surface area contributed by atoms with Gasteiger partial charge in [0.15, 0.2) is 0 Å². The summed E-state index contributed by atoms with van der Waals surface area (Å²) in [6.07, 6.45) is 3.43. The first-order valence-corrected chi connectivity index (χ1v) is 10.2. The van der Waals surface area contributed by atoms with E-state index in [1.54, 1.807) is 0 Å². The van der Waals surface area contributed by atoms with Gasteiger partial charge in [0.05, 0.1) is 0 Å². The molecule has 4 heteroatoms. The predicted molar refractivity (Wildman–Crippen MR) is 107 cm³/mol. The Morgan fingerprint density at radius 2 is 1.80 bits per heavy atom. The molecule has 1 saturated heterocycles. The molecule has 0 radical (unpaired) electrons. The first-order chi connectivity index (χ1) is 12.3. The molecule has 2 aromatic carbocycles. The minimum absolute atomic E-state index is 0.448. The Labute approximate surface area is 159 Å². The quantitative estimate of drug-likeness (QED) is 0.682. The van der Waals surface area contributed by atoms with Crippen molar-refractivity contribution < 1.29 is 4.74 Å². The third-order valence-corrected chi connectivity index (χ3v) is 5.35. The minimum atomic E-state index is 0.448. The number of halogens is 1. The molecule has 0 aliphatic carbocycles. The number of ether oxygens (including phenoxy) is 1. The van der Waals surface area contributed by atoms with Crippen LogP contribution in [0.25, 0.3) is 0 Å². The fraction of sp³-hybridized carbons (Fsp3) is 0.429. The zero-order valence-corrected chi connectivity index (χ0v) is 16.2. The molecular formula is C21H27BrN2O. The van der Waals surface area contributed by atoms with Crippen LogP contribution in [0.1, 0.15) is 42.3 Å².